The van der Waals surface area contributed by atoms with Gasteiger partial charge in [-0.05, 0) is 42.0 Å². The first-order valence-electron chi connectivity index (χ1n) is 8.17. The monoisotopic (exact) mass is 406 g/mol. The molecule has 0 spiro atoms. The lowest BCUT2D eigenvalue weighted by atomic mass is 10.2. The fraction of sp³-hybridized carbons (Fsp3) is 0.0476. The first-order valence-corrected chi connectivity index (χ1v) is 8.97. The average molecular weight is 407 g/mol. The van der Waals surface area contributed by atoms with Crippen LogP contribution in [0.5, 0.6) is 0 Å². The molecule has 0 aliphatic heterocycles. The van der Waals surface area contributed by atoms with Gasteiger partial charge in [0.15, 0.2) is 0 Å². The number of hydrogen-bond acceptors (Lipinski definition) is 3. The molecule has 128 valence electrons. The molecule has 3 aromatic carbocycles. The molecule has 0 fully saturated rings. The Morgan fingerprint density at radius 3 is 2.35 bits per heavy atom. The van der Waals surface area contributed by atoms with E-state index in [4.69, 9.17) is 4.42 Å². The van der Waals surface area contributed by atoms with Crippen LogP contribution in [-0.2, 0) is 6.54 Å². The van der Waals surface area contributed by atoms with E-state index in [1.807, 2.05) is 66.7 Å². The molecule has 0 aliphatic rings. The summed E-state index contributed by atoms with van der Waals surface area (Å²) in [6.07, 6.45) is 0. The minimum atomic E-state index is -0.119. The molecule has 0 radical (unpaired) electrons. The van der Waals surface area contributed by atoms with Crippen molar-refractivity contribution in [1.29, 1.82) is 0 Å². The Bertz CT molecular complexity index is 1180. The van der Waals surface area contributed by atoms with Gasteiger partial charge in [-0.25, -0.2) is 0 Å². The van der Waals surface area contributed by atoms with Crippen LogP contribution in [0.15, 0.2) is 97.5 Å². The van der Waals surface area contributed by atoms with Gasteiger partial charge in [0, 0.05) is 4.47 Å². The Morgan fingerprint density at radius 2 is 1.58 bits per heavy atom. The molecule has 0 amide bonds. The number of aromatic nitrogens is 1. The lowest BCUT2D eigenvalue weighted by Gasteiger charge is -2.08. The third-order valence-corrected chi connectivity index (χ3v) is 4.56. The van der Waals surface area contributed by atoms with Crippen molar-refractivity contribution in [3.8, 4) is 0 Å². The highest BCUT2D eigenvalue weighted by Crippen LogP contribution is 2.16. The van der Waals surface area contributed by atoms with Crippen molar-refractivity contribution in [2.75, 3.05) is 0 Å². The lowest BCUT2D eigenvalue weighted by molar-refractivity contribution is 0.454. The van der Waals surface area contributed by atoms with E-state index in [1.54, 1.807) is 16.7 Å². The topological polar surface area (TPSA) is 47.5 Å². The quantitative estimate of drug-likeness (QED) is 0.497. The number of hydrogen-bond donors (Lipinski definition) is 0. The van der Waals surface area contributed by atoms with Crippen LogP contribution in [0.4, 0.5) is 5.69 Å². The third kappa shape index (κ3) is 3.39. The van der Waals surface area contributed by atoms with Gasteiger partial charge in [-0.15, -0.1) is 0 Å². The molecule has 0 aliphatic carbocycles. The second-order valence-corrected chi connectivity index (χ2v) is 6.76. The summed E-state index contributed by atoms with van der Waals surface area (Å²) in [6, 6.07) is 24.6. The number of rotatable bonds is 3. The zero-order valence-electron chi connectivity index (χ0n) is 13.8. The number of para-hydroxylation sites is 1. The van der Waals surface area contributed by atoms with E-state index in [-0.39, 0.29) is 11.2 Å². The molecule has 4 nitrogen and oxygen atoms in total. The van der Waals surface area contributed by atoms with Crippen molar-refractivity contribution in [3.63, 3.8) is 0 Å². The maximum Gasteiger partial charge on any atom is 0.305 e. The van der Waals surface area contributed by atoms with Gasteiger partial charge in [-0.1, -0.05) is 58.4 Å². The van der Waals surface area contributed by atoms with Crippen molar-refractivity contribution >= 4 is 32.6 Å². The molecule has 0 saturated carbocycles. The van der Waals surface area contributed by atoms with Gasteiger partial charge in [-0.3, -0.25) is 9.36 Å². The molecule has 1 heterocycles. The predicted molar refractivity (Wildman–Crippen MR) is 105 cm³/mol. The molecule has 26 heavy (non-hydrogen) atoms. The maximum atomic E-state index is 13.0. The molecule has 0 N–H and O–H groups in total. The van der Waals surface area contributed by atoms with Crippen LogP contribution >= 0.6 is 15.9 Å². The summed E-state index contributed by atoms with van der Waals surface area (Å²) in [5, 5.41) is 0.540. The fourth-order valence-electron chi connectivity index (χ4n) is 2.73. The third-order valence-electron chi connectivity index (χ3n) is 4.03. The summed E-state index contributed by atoms with van der Waals surface area (Å²) in [5.41, 5.74) is 2.41. The standard InChI is InChI=1S/C21H15BrN2O2/c22-16-10-12-17(13-11-16)23-21-24(14-15-6-2-1-3-7-15)20(25)18-8-4-5-9-19(18)26-21/h1-13H,14H2. The molecule has 4 rings (SSSR count). The fourth-order valence-corrected chi connectivity index (χ4v) is 3.00. The highest BCUT2D eigenvalue weighted by Gasteiger charge is 2.09. The summed E-state index contributed by atoms with van der Waals surface area (Å²) in [5.74, 6) is 0. The molecule has 4 aromatic rings. The average Bonchev–Trinajstić information content (AvgIpc) is 2.67. The normalized spacial score (nSPS) is 11.8. The molecular formula is C21H15BrN2O2. The SMILES string of the molecule is O=c1c2ccccc2oc(=Nc2ccc(Br)cc2)n1Cc1ccccc1. The molecular weight excluding hydrogens is 392 g/mol. The first kappa shape index (κ1) is 16.5. The molecule has 0 unspecified atom stereocenters. The van der Waals surface area contributed by atoms with Crippen molar-refractivity contribution in [1.82, 2.24) is 4.57 Å². The van der Waals surface area contributed by atoms with Crippen molar-refractivity contribution in [3.05, 3.63) is 105 Å². The van der Waals surface area contributed by atoms with Gasteiger partial charge in [0.25, 0.3) is 5.56 Å². The predicted octanol–water partition coefficient (Wildman–Crippen LogP) is 4.64. The van der Waals surface area contributed by atoms with Crippen molar-refractivity contribution in [2.45, 2.75) is 6.54 Å². The molecule has 0 atom stereocenters. The number of halogens is 1. The zero-order chi connectivity index (χ0) is 17.9. The largest absolute Gasteiger partial charge is 0.425 e. The van der Waals surface area contributed by atoms with E-state index in [0.29, 0.717) is 23.2 Å². The molecule has 5 heteroatoms. The zero-order valence-corrected chi connectivity index (χ0v) is 15.4. The molecule has 1 aromatic heterocycles. The van der Waals surface area contributed by atoms with E-state index < -0.39 is 0 Å². The van der Waals surface area contributed by atoms with Gasteiger partial charge < -0.3 is 4.42 Å². The van der Waals surface area contributed by atoms with E-state index >= 15 is 0 Å². The second-order valence-electron chi connectivity index (χ2n) is 5.85. The van der Waals surface area contributed by atoms with Crippen LogP contribution in [0.25, 0.3) is 11.0 Å². The number of fused-ring (bicyclic) bond motifs is 1. The van der Waals surface area contributed by atoms with Crippen LogP contribution in [0.1, 0.15) is 5.56 Å². The minimum Gasteiger partial charge on any atom is -0.425 e. The maximum absolute atomic E-state index is 13.0. The summed E-state index contributed by atoms with van der Waals surface area (Å²) >= 11 is 3.41. The van der Waals surface area contributed by atoms with Crippen LogP contribution in [0.2, 0.25) is 0 Å². The van der Waals surface area contributed by atoms with Crippen LogP contribution in [0.3, 0.4) is 0 Å². The van der Waals surface area contributed by atoms with Gasteiger partial charge in [-0.2, -0.15) is 4.99 Å². The summed E-state index contributed by atoms with van der Waals surface area (Å²) in [7, 11) is 0. The Balaban J connectivity index is 1.96. The van der Waals surface area contributed by atoms with Crippen LogP contribution in [-0.4, -0.2) is 4.57 Å². The summed E-state index contributed by atoms with van der Waals surface area (Å²) in [4.78, 5) is 17.6. The Kier molecular flexibility index (Phi) is 4.54. The Morgan fingerprint density at radius 1 is 0.885 bits per heavy atom. The highest BCUT2D eigenvalue weighted by atomic mass is 79.9. The lowest BCUT2D eigenvalue weighted by Crippen LogP contribution is -2.33. The van der Waals surface area contributed by atoms with E-state index in [0.717, 1.165) is 10.0 Å². The summed E-state index contributed by atoms with van der Waals surface area (Å²) < 4.78 is 8.50. The van der Waals surface area contributed by atoms with E-state index in [9.17, 15) is 4.79 Å². The van der Waals surface area contributed by atoms with Crippen LogP contribution < -0.4 is 11.2 Å². The Hall–Kier alpha value is -2.92. The Labute approximate surface area is 158 Å². The van der Waals surface area contributed by atoms with Gasteiger partial charge in [0.05, 0.1) is 17.6 Å². The van der Waals surface area contributed by atoms with E-state index in [2.05, 4.69) is 20.9 Å². The summed E-state index contributed by atoms with van der Waals surface area (Å²) in [6.45, 7) is 0.392. The smallest absolute Gasteiger partial charge is 0.305 e. The number of benzene rings is 3. The van der Waals surface area contributed by atoms with Gasteiger partial charge in [0.1, 0.15) is 5.58 Å². The molecule has 0 saturated heterocycles. The van der Waals surface area contributed by atoms with Crippen molar-refractivity contribution < 1.29 is 4.42 Å². The highest BCUT2D eigenvalue weighted by molar-refractivity contribution is 9.10. The minimum absolute atomic E-state index is 0.119. The van der Waals surface area contributed by atoms with Gasteiger partial charge >= 0.3 is 5.68 Å². The van der Waals surface area contributed by atoms with Crippen LogP contribution in [0, 0.1) is 0 Å². The van der Waals surface area contributed by atoms with E-state index in [1.165, 1.54) is 0 Å². The van der Waals surface area contributed by atoms with Crippen molar-refractivity contribution in [2.24, 2.45) is 4.99 Å². The first-order chi connectivity index (χ1) is 12.7. The molecule has 0 bridgehead atoms. The number of nitrogens with zero attached hydrogens (tertiary/aromatic N) is 2. The second kappa shape index (κ2) is 7.14. The van der Waals surface area contributed by atoms with Gasteiger partial charge in [0.2, 0.25) is 0 Å².